The highest BCUT2D eigenvalue weighted by Gasteiger charge is 2.26. The van der Waals surface area contributed by atoms with E-state index in [9.17, 15) is 4.79 Å². The molecule has 1 aromatic heterocycles. The summed E-state index contributed by atoms with van der Waals surface area (Å²) in [6, 6.07) is 13.3. The minimum Gasteiger partial charge on any atom is -0.497 e. The first-order valence-corrected chi connectivity index (χ1v) is 10.7. The summed E-state index contributed by atoms with van der Waals surface area (Å²) in [6.45, 7) is 3.91. The first-order valence-electron chi connectivity index (χ1n) is 10.7. The van der Waals surface area contributed by atoms with Gasteiger partial charge in [0.15, 0.2) is 0 Å². The van der Waals surface area contributed by atoms with E-state index in [1.54, 1.807) is 14.2 Å². The highest BCUT2D eigenvalue weighted by atomic mass is 16.5. The molecule has 1 N–H and O–H groups in total. The van der Waals surface area contributed by atoms with Crippen LogP contribution in [0.15, 0.2) is 47.0 Å². The number of piperidine rings is 1. The third kappa shape index (κ3) is 5.08. The zero-order valence-electron chi connectivity index (χ0n) is 18.6. The van der Waals surface area contributed by atoms with E-state index in [0.29, 0.717) is 29.7 Å². The second-order valence-electron chi connectivity index (χ2n) is 7.99. The fourth-order valence-corrected chi connectivity index (χ4v) is 3.91. The fourth-order valence-electron chi connectivity index (χ4n) is 3.91. The fraction of sp³-hybridized carbons (Fsp3) is 0.375. The number of likely N-dealkylation sites (tertiary alicyclic amines) is 1. The van der Waals surface area contributed by atoms with Gasteiger partial charge in [0.05, 0.1) is 26.5 Å². The molecule has 8 heteroatoms. The van der Waals surface area contributed by atoms with Crippen molar-refractivity contribution in [2.45, 2.75) is 25.7 Å². The largest absolute Gasteiger partial charge is 0.497 e. The maximum Gasteiger partial charge on any atom is 0.238 e. The molecule has 3 aromatic rings. The Morgan fingerprint density at radius 3 is 2.56 bits per heavy atom. The van der Waals surface area contributed by atoms with Crippen molar-refractivity contribution in [3.05, 3.63) is 53.9 Å². The second kappa shape index (κ2) is 9.82. The molecule has 4 rings (SSSR count). The lowest BCUT2D eigenvalue weighted by Crippen LogP contribution is -2.38. The lowest BCUT2D eigenvalue weighted by atomic mass is 9.97. The molecule has 2 heterocycles. The van der Waals surface area contributed by atoms with Crippen molar-refractivity contribution in [1.82, 2.24) is 15.0 Å². The summed E-state index contributed by atoms with van der Waals surface area (Å²) in [7, 11) is 3.24. The zero-order chi connectivity index (χ0) is 22.5. The van der Waals surface area contributed by atoms with Crippen LogP contribution in [0.1, 0.15) is 30.2 Å². The van der Waals surface area contributed by atoms with Gasteiger partial charge in [-0.1, -0.05) is 11.2 Å². The molecule has 32 heavy (non-hydrogen) atoms. The number of amides is 1. The van der Waals surface area contributed by atoms with Gasteiger partial charge in [-0.25, -0.2) is 0 Å². The molecular weight excluding hydrogens is 408 g/mol. The summed E-state index contributed by atoms with van der Waals surface area (Å²) in [5.74, 6) is 2.83. The molecule has 0 radical (unpaired) electrons. The van der Waals surface area contributed by atoms with Gasteiger partial charge in [-0.15, -0.1) is 0 Å². The highest BCUT2D eigenvalue weighted by molar-refractivity contribution is 5.93. The molecule has 0 atom stereocenters. The lowest BCUT2D eigenvalue weighted by molar-refractivity contribution is -0.117. The number of nitrogens with one attached hydrogen (secondary N) is 1. The van der Waals surface area contributed by atoms with E-state index in [4.69, 9.17) is 14.0 Å². The molecular formula is C24H28N4O4. The van der Waals surface area contributed by atoms with Gasteiger partial charge in [-0.05, 0) is 74.8 Å². The molecule has 1 aliphatic rings. The number of hydrogen-bond acceptors (Lipinski definition) is 7. The summed E-state index contributed by atoms with van der Waals surface area (Å²) in [4.78, 5) is 19.3. The van der Waals surface area contributed by atoms with Crippen molar-refractivity contribution in [2.75, 3.05) is 39.2 Å². The van der Waals surface area contributed by atoms with E-state index in [1.165, 1.54) is 0 Å². The van der Waals surface area contributed by atoms with Gasteiger partial charge in [0, 0.05) is 11.5 Å². The predicted molar refractivity (Wildman–Crippen MR) is 121 cm³/mol. The van der Waals surface area contributed by atoms with Crippen molar-refractivity contribution < 1.29 is 18.8 Å². The van der Waals surface area contributed by atoms with E-state index in [0.717, 1.165) is 42.8 Å². The van der Waals surface area contributed by atoms with Crippen LogP contribution >= 0.6 is 0 Å². The first kappa shape index (κ1) is 21.8. The monoisotopic (exact) mass is 436 g/mol. The Bertz CT molecular complexity index is 1060. The topological polar surface area (TPSA) is 89.7 Å². The van der Waals surface area contributed by atoms with Crippen LogP contribution in [0, 0.1) is 6.92 Å². The molecule has 1 aliphatic heterocycles. The number of aryl methyl sites for hydroxylation is 1. The lowest BCUT2D eigenvalue weighted by Gasteiger charge is -2.29. The van der Waals surface area contributed by atoms with Gasteiger partial charge in [-0.2, -0.15) is 4.98 Å². The summed E-state index contributed by atoms with van der Waals surface area (Å²) in [5, 5.41) is 7.10. The zero-order valence-corrected chi connectivity index (χ0v) is 18.6. The van der Waals surface area contributed by atoms with Crippen LogP contribution in [0.4, 0.5) is 5.69 Å². The molecule has 1 amide bonds. The quantitative estimate of drug-likeness (QED) is 0.601. The number of rotatable bonds is 7. The van der Waals surface area contributed by atoms with Crippen LogP contribution in [0.3, 0.4) is 0 Å². The van der Waals surface area contributed by atoms with Gasteiger partial charge >= 0.3 is 0 Å². The molecule has 0 spiro atoms. The number of anilines is 1. The van der Waals surface area contributed by atoms with Gasteiger partial charge in [0.2, 0.25) is 17.6 Å². The van der Waals surface area contributed by atoms with Crippen molar-refractivity contribution in [2.24, 2.45) is 0 Å². The molecule has 1 fully saturated rings. The maximum absolute atomic E-state index is 12.6. The molecule has 0 saturated carbocycles. The van der Waals surface area contributed by atoms with E-state index < -0.39 is 0 Å². The predicted octanol–water partition coefficient (Wildman–Crippen LogP) is 3.88. The van der Waals surface area contributed by atoms with E-state index in [1.807, 2.05) is 49.4 Å². The normalized spacial score (nSPS) is 14.8. The highest BCUT2D eigenvalue weighted by Crippen LogP contribution is 2.29. The van der Waals surface area contributed by atoms with E-state index >= 15 is 0 Å². The molecule has 1 saturated heterocycles. The maximum atomic E-state index is 12.6. The third-order valence-electron chi connectivity index (χ3n) is 5.72. The van der Waals surface area contributed by atoms with Crippen molar-refractivity contribution in [3.8, 4) is 22.9 Å². The average molecular weight is 437 g/mol. The van der Waals surface area contributed by atoms with E-state index in [-0.39, 0.29) is 11.8 Å². The van der Waals surface area contributed by atoms with Gasteiger partial charge in [-0.3, -0.25) is 9.69 Å². The Balaban J connectivity index is 1.30. The minimum absolute atomic E-state index is 0.0491. The van der Waals surface area contributed by atoms with Crippen LogP contribution in [0.25, 0.3) is 11.4 Å². The minimum atomic E-state index is -0.0491. The van der Waals surface area contributed by atoms with Crippen molar-refractivity contribution in [1.29, 1.82) is 0 Å². The number of carbonyl (C=O) groups is 1. The Morgan fingerprint density at radius 1 is 1.12 bits per heavy atom. The van der Waals surface area contributed by atoms with Crippen LogP contribution < -0.4 is 14.8 Å². The molecule has 168 valence electrons. The molecule has 0 aliphatic carbocycles. The Labute approximate surface area is 187 Å². The van der Waals surface area contributed by atoms with Gasteiger partial charge < -0.3 is 19.3 Å². The van der Waals surface area contributed by atoms with Gasteiger partial charge in [0.25, 0.3) is 0 Å². The molecule has 0 bridgehead atoms. The Kier molecular flexibility index (Phi) is 6.70. The molecule has 0 unspecified atom stereocenters. The molecule has 8 nitrogen and oxygen atoms in total. The summed E-state index contributed by atoms with van der Waals surface area (Å²) < 4.78 is 16.1. The number of nitrogens with zero attached hydrogens (tertiary/aromatic N) is 3. The van der Waals surface area contributed by atoms with Gasteiger partial charge in [0.1, 0.15) is 11.5 Å². The third-order valence-corrected chi connectivity index (χ3v) is 5.72. The van der Waals surface area contributed by atoms with Crippen LogP contribution in [-0.4, -0.2) is 54.8 Å². The van der Waals surface area contributed by atoms with Crippen LogP contribution in [0.5, 0.6) is 11.5 Å². The van der Waals surface area contributed by atoms with Crippen molar-refractivity contribution >= 4 is 11.6 Å². The number of carbonyl (C=O) groups excluding carboxylic acids is 1. The number of benzene rings is 2. The Morgan fingerprint density at radius 2 is 1.88 bits per heavy atom. The van der Waals surface area contributed by atoms with Crippen LogP contribution in [0.2, 0.25) is 0 Å². The van der Waals surface area contributed by atoms with Crippen LogP contribution in [-0.2, 0) is 4.79 Å². The Hall–Kier alpha value is -3.39. The summed E-state index contributed by atoms with van der Waals surface area (Å²) in [5.41, 5.74) is 2.65. The van der Waals surface area contributed by atoms with Crippen molar-refractivity contribution in [3.63, 3.8) is 0 Å². The number of ether oxygens (including phenoxy) is 2. The smallest absolute Gasteiger partial charge is 0.238 e. The number of methoxy groups -OCH3 is 2. The van der Waals surface area contributed by atoms with E-state index in [2.05, 4.69) is 20.4 Å². The summed E-state index contributed by atoms with van der Waals surface area (Å²) >= 11 is 0. The number of aromatic nitrogens is 2. The summed E-state index contributed by atoms with van der Waals surface area (Å²) in [6.07, 6.45) is 1.73. The molecule has 2 aromatic carbocycles. The number of hydrogen-bond donors (Lipinski definition) is 1. The average Bonchev–Trinajstić information content (AvgIpc) is 3.30. The standard InChI is InChI=1S/C24H28N4O4/c1-16-4-9-21(31-3)20(14-16)25-22(29)15-28-12-10-18(11-13-28)24-26-23(27-32-24)17-5-7-19(30-2)8-6-17/h4-9,14,18H,10-13,15H2,1-3H3,(H,25,29). The SMILES string of the molecule is COc1ccc(-c2noc(C3CCN(CC(=O)Nc4cc(C)ccc4OC)CC3)n2)cc1. The second-order valence-corrected chi connectivity index (χ2v) is 7.99. The first-order chi connectivity index (χ1) is 15.6.